The van der Waals surface area contributed by atoms with Gasteiger partial charge in [0, 0.05) is 47.4 Å². The number of aryl methyl sites for hydroxylation is 1. The summed E-state index contributed by atoms with van der Waals surface area (Å²) in [6, 6.07) is 7.40. The highest BCUT2D eigenvalue weighted by atomic mass is 32.2. The van der Waals surface area contributed by atoms with Crippen LogP contribution in [0.3, 0.4) is 0 Å². The Kier molecular flexibility index (Phi) is 6.79. The third-order valence-electron chi connectivity index (χ3n) is 5.33. The van der Waals surface area contributed by atoms with E-state index in [-0.39, 0.29) is 17.3 Å². The van der Waals surface area contributed by atoms with Crippen molar-refractivity contribution in [3.05, 3.63) is 73.0 Å². The van der Waals surface area contributed by atoms with E-state index in [1.807, 2.05) is 25.1 Å². The van der Waals surface area contributed by atoms with Gasteiger partial charge in [-0.3, -0.25) is 14.6 Å². The molecule has 0 fully saturated rings. The number of anilines is 3. The van der Waals surface area contributed by atoms with Crippen molar-refractivity contribution in [2.75, 3.05) is 22.1 Å². The molecule has 0 aliphatic rings. The van der Waals surface area contributed by atoms with Crippen molar-refractivity contribution < 1.29 is 18.0 Å². The first-order valence-electron chi connectivity index (χ1n) is 10.8. The van der Waals surface area contributed by atoms with E-state index in [4.69, 9.17) is 5.73 Å². The third kappa shape index (κ3) is 5.39. The van der Waals surface area contributed by atoms with Crippen LogP contribution in [0.15, 0.2) is 67.4 Å². The Hall–Kier alpha value is -4.58. The second kappa shape index (κ2) is 9.96. The lowest BCUT2D eigenvalue weighted by atomic mass is 9.99. The van der Waals surface area contributed by atoms with Gasteiger partial charge >= 0.3 is 0 Å². The maximum atomic E-state index is 12.3. The smallest absolute Gasteiger partial charge is 0.253 e. The van der Waals surface area contributed by atoms with E-state index in [2.05, 4.69) is 25.7 Å². The number of nitrogen functional groups attached to an aromatic ring is 1. The number of pyridine rings is 2. The number of nitrogens with zero attached hydrogens (tertiary/aromatic N) is 4. The van der Waals surface area contributed by atoms with Crippen molar-refractivity contribution in [1.82, 2.24) is 19.2 Å². The van der Waals surface area contributed by atoms with Gasteiger partial charge in [-0.15, -0.1) is 0 Å². The number of benzene rings is 1. The number of aromatic nitrogens is 4. The molecule has 0 aliphatic carbocycles. The van der Waals surface area contributed by atoms with Gasteiger partial charge < -0.3 is 16.4 Å². The number of hydrogen-bond donors (Lipinski definition) is 3. The van der Waals surface area contributed by atoms with Gasteiger partial charge in [-0.05, 0) is 54.6 Å². The number of fused-ring (bicyclic) bond motifs is 1. The summed E-state index contributed by atoms with van der Waals surface area (Å²) in [6.07, 6.45) is 9.49. The Labute approximate surface area is 207 Å². The van der Waals surface area contributed by atoms with Gasteiger partial charge in [0.05, 0.1) is 23.8 Å². The Morgan fingerprint density at radius 3 is 2.56 bits per heavy atom. The van der Waals surface area contributed by atoms with Gasteiger partial charge in [0.1, 0.15) is 5.82 Å². The van der Waals surface area contributed by atoms with Crippen LogP contribution >= 0.6 is 0 Å². The summed E-state index contributed by atoms with van der Waals surface area (Å²) >= 11 is 0. The minimum Gasteiger partial charge on any atom is -0.398 e. The second-order valence-electron chi connectivity index (χ2n) is 7.86. The molecule has 1 aromatic carbocycles. The molecular formula is C24H23N7O4S. The average Bonchev–Trinajstić information content (AvgIpc) is 3.32. The first-order chi connectivity index (χ1) is 17.2. The molecule has 11 nitrogen and oxygen atoms in total. The minimum atomic E-state index is -3.56. The number of hydrogen-bond acceptors (Lipinski definition) is 8. The Morgan fingerprint density at radius 1 is 1.08 bits per heavy atom. The van der Waals surface area contributed by atoms with E-state index >= 15 is 0 Å². The molecule has 4 aromatic rings. The molecule has 0 atom stereocenters. The van der Waals surface area contributed by atoms with E-state index in [9.17, 15) is 18.0 Å². The molecular weight excluding hydrogens is 482 g/mol. The highest BCUT2D eigenvalue weighted by Crippen LogP contribution is 2.31. The number of nitrogens with two attached hydrogens (primary N) is 1. The minimum absolute atomic E-state index is 0.137. The molecule has 0 unspecified atom stereocenters. The van der Waals surface area contributed by atoms with Gasteiger partial charge in [-0.25, -0.2) is 13.4 Å². The lowest BCUT2D eigenvalue weighted by Crippen LogP contribution is -2.15. The molecule has 4 rings (SSSR count). The van der Waals surface area contributed by atoms with Crippen molar-refractivity contribution >= 4 is 49.8 Å². The summed E-state index contributed by atoms with van der Waals surface area (Å²) in [5.41, 5.74) is 9.84. The standard InChI is InChI=1S/C24H23N7O4S/c1-3-36(34,35)31-14-18(11-28-31)29-23(32)4-5-24(33)30-22-10-17-8-16(9-21(25)20(17)13-27-22)19-12-26-7-6-15(19)2/h4-14H,3,25H2,1-2H3,(H,29,32)(H,27,30,33)/b5-4-. The summed E-state index contributed by atoms with van der Waals surface area (Å²) in [4.78, 5) is 32.9. The molecule has 0 saturated carbocycles. The largest absolute Gasteiger partial charge is 0.398 e. The zero-order valence-electron chi connectivity index (χ0n) is 19.5. The first kappa shape index (κ1) is 24.5. The summed E-state index contributed by atoms with van der Waals surface area (Å²) < 4.78 is 24.4. The molecule has 0 aliphatic heterocycles. The van der Waals surface area contributed by atoms with Crippen LogP contribution in [0.2, 0.25) is 0 Å². The third-order valence-corrected chi connectivity index (χ3v) is 6.83. The van der Waals surface area contributed by atoms with Crippen LogP contribution in [0, 0.1) is 6.92 Å². The Balaban J connectivity index is 1.46. The SMILES string of the molecule is CCS(=O)(=O)n1cc(NC(=O)/C=C\C(=O)Nc2cc3cc(-c4cnccc4C)cc(N)c3cn2)cn1. The maximum absolute atomic E-state index is 12.3. The fourth-order valence-electron chi connectivity index (χ4n) is 3.43. The molecule has 3 heterocycles. The van der Waals surface area contributed by atoms with Gasteiger partial charge in [-0.1, -0.05) is 0 Å². The zero-order chi connectivity index (χ0) is 25.9. The van der Waals surface area contributed by atoms with Crippen LogP contribution in [0.5, 0.6) is 0 Å². The Bertz CT molecular complexity index is 1610. The summed E-state index contributed by atoms with van der Waals surface area (Å²) in [5, 5.41) is 10.3. The van der Waals surface area contributed by atoms with Crippen LogP contribution in [0.1, 0.15) is 12.5 Å². The van der Waals surface area contributed by atoms with Gasteiger partial charge in [-0.2, -0.15) is 9.19 Å². The van der Waals surface area contributed by atoms with E-state index in [1.165, 1.54) is 19.3 Å². The quantitative estimate of drug-likeness (QED) is 0.255. The van der Waals surface area contributed by atoms with E-state index < -0.39 is 21.8 Å². The van der Waals surface area contributed by atoms with Crippen molar-refractivity contribution in [2.45, 2.75) is 13.8 Å². The van der Waals surface area contributed by atoms with Crippen molar-refractivity contribution in [3.8, 4) is 11.1 Å². The molecule has 2 amide bonds. The van der Waals surface area contributed by atoms with Crippen LogP contribution < -0.4 is 16.4 Å². The van der Waals surface area contributed by atoms with Crippen molar-refractivity contribution in [2.24, 2.45) is 0 Å². The predicted octanol–water partition coefficient (Wildman–Crippen LogP) is 2.72. The molecule has 36 heavy (non-hydrogen) atoms. The van der Waals surface area contributed by atoms with Crippen LogP contribution in [-0.2, 0) is 19.6 Å². The number of carbonyl (C=O) groups excluding carboxylic acids is 2. The Morgan fingerprint density at radius 2 is 1.83 bits per heavy atom. The van der Waals surface area contributed by atoms with E-state index in [0.29, 0.717) is 5.69 Å². The normalized spacial score (nSPS) is 11.6. The number of nitrogens with one attached hydrogen (secondary N) is 2. The monoisotopic (exact) mass is 505 g/mol. The highest BCUT2D eigenvalue weighted by molar-refractivity contribution is 7.89. The van der Waals surface area contributed by atoms with E-state index in [1.54, 1.807) is 24.7 Å². The molecule has 4 N–H and O–H groups in total. The zero-order valence-corrected chi connectivity index (χ0v) is 20.3. The van der Waals surface area contributed by atoms with Crippen LogP contribution in [-0.4, -0.2) is 45.1 Å². The molecule has 3 aromatic heterocycles. The van der Waals surface area contributed by atoms with Crippen molar-refractivity contribution in [1.29, 1.82) is 0 Å². The van der Waals surface area contributed by atoms with E-state index in [0.717, 1.165) is 43.7 Å². The second-order valence-corrected chi connectivity index (χ2v) is 9.98. The summed E-state index contributed by atoms with van der Waals surface area (Å²) in [5.74, 6) is -1.06. The van der Waals surface area contributed by atoms with Crippen LogP contribution in [0.25, 0.3) is 21.9 Å². The molecule has 0 spiro atoms. The highest BCUT2D eigenvalue weighted by Gasteiger charge is 2.13. The molecule has 0 bridgehead atoms. The first-order valence-corrected chi connectivity index (χ1v) is 12.5. The molecule has 12 heteroatoms. The maximum Gasteiger partial charge on any atom is 0.253 e. The van der Waals surface area contributed by atoms with Crippen molar-refractivity contribution in [3.63, 3.8) is 0 Å². The lowest BCUT2D eigenvalue weighted by molar-refractivity contribution is -0.114. The number of carbonyl (C=O) groups is 2. The van der Waals surface area contributed by atoms with Gasteiger partial charge in [0.25, 0.3) is 10.0 Å². The molecule has 0 radical (unpaired) electrons. The molecule has 0 saturated heterocycles. The fraction of sp³-hybridized carbons (Fsp3) is 0.125. The molecule has 184 valence electrons. The topological polar surface area (TPSA) is 162 Å². The lowest BCUT2D eigenvalue weighted by Gasteiger charge is -2.10. The average molecular weight is 506 g/mol. The number of rotatable bonds is 7. The van der Waals surface area contributed by atoms with Gasteiger partial charge in [0.2, 0.25) is 11.8 Å². The summed E-state index contributed by atoms with van der Waals surface area (Å²) in [7, 11) is -3.56. The summed E-state index contributed by atoms with van der Waals surface area (Å²) in [6.45, 7) is 3.47. The predicted molar refractivity (Wildman–Crippen MR) is 138 cm³/mol. The van der Waals surface area contributed by atoms with Crippen LogP contribution in [0.4, 0.5) is 17.2 Å². The van der Waals surface area contributed by atoms with Gasteiger partial charge in [0.15, 0.2) is 0 Å². The fourth-order valence-corrected chi connectivity index (χ4v) is 4.16. The number of amides is 2.